The van der Waals surface area contributed by atoms with Crippen molar-refractivity contribution in [3.05, 3.63) is 79.3 Å². The average Bonchev–Trinajstić information content (AvgIpc) is 3.37. The third kappa shape index (κ3) is 5.41. The third-order valence-electron chi connectivity index (χ3n) is 6.30. The molecule has 0 saturated heterocycles. The number of fused-ring (bicyclic) bond motifs is 1. The third-order valence-corrected chi connectivity index (χ3v) is 9.56. The number of hydrogen-bond acceptors (Lipinski definition) is 9. The molecule has 2 aromatic rings. The molecule has 0 bridgehead atoms. The number of aryl methyl sites for hydroxylation is 1. The van der Waals surface area contributed by atoms with E-state index in [1.807, 2.05) is 63.2 Å². The van der Waals surface area contributed by atoms with Crippen LogP contribution < -0.4 is 9.64 Å². The molecular weight excluding hydrogens is 555 g/mol. The minimum absolute atomic E-state index is 0.145. The molecule has 0 atom stereocenters. The fraction of sp³-hybridized carbons (Fsp3) is 0.241. The number of hydrogen-bond donors (Lipinski definition) is 0. The van der Waals surface area contributed by atoms with Gasteiger partial charge in [-0.2, -0.15) is 0 Å². The van der Waals surface area contributed by atoms with Gasteiger partial charge in [-0.05, 0) is 56.2 Å². The average molecular weight is 582 g/mol. The van der Waals surface area contributed by atoms with Crippen molar-refractivity contribution in [2.75, 3.05) is 26.2 Å². The Kier molecular flexibility index (Phi) is 8.39. The van der Waals surface area contributed by atoms with Crippen molar-refractivity contribution in [1.29, 1.82) is 0 Å². The quantitative estimate of drug-likeness (QED) is 0.243. The molecule has 2 aliphatic rings. The Bertz CT molecular complexity index is 1440. The first kappa shape index (κ1) is 28.7. The Labute approximate surface area is 241 Å². The summed E-state index contributed by atoms with van der Waals surface area (Å²) in [7, 11) is 4.12. The van der Waals surface area contributed by atoms with Gasteiger partial charge in [0.1, 0.15) is 15.6 Å². The highest BCUT2D eigenvalue weighted by atomic mass is 32.2. The Morgan fingerprint density at radius 2 is 1.51 bits per heavy atom. The van der Waals surface area contributed by atoms with E-state index in [9.17, 15) is 14.4 Å². The molecule has 0 radical (unpaired) electrons. The number of thioether (sulfide) groups is 2. The summed E-state index contributed by atoms with van der Waals surface area (Å²) in [5, 5.41) is 0. The van der Waals surface area contributed by atoms with Crippen LogP contribution in [0.1, 0.15) is 30.5 Å². The number of nitrogens with zero attached hydrogens (tertiary/aromatic N) is 1. The molecule has 2 aliphatic heterocycles. The zero-order valence-electron chi connectivity index (χ0n) is 22.3. The second-order valence-electron chi connectivity index (χ2n) is 9.20. The lowest BCUT2D eigenvalue weighted by molar-refractivity contribution is -0.138. The van der Waals surface area contributed by atoms with Gasteiger partial charge in [-0.15, -0.1) is 0 Å². The largest absolute Gasteiger partial charge is 0.497 e. The van der Waals surface area contributed by atoms with E-state index in [1.165, 1.54) is 20.3 Å². The number of methoxy groups -OCH3 is 3. The summed E-state index contributed by atoms with van der Waals surface area (Å²) in [6, 6.07) is 13.2. The normalized spacial score (nSPS) is 16.5. The number of thiocarbonyl (C=S) groups is 1. The predicted molar refractivity (Wildman–Crippen MR) is 161 cm³/mol. The molecule has 1 amide bonds. The molecule has 0 spiro atoms. The van der Waals surface area contributed by atoms with Crippen LogP contribution in [0.15, 0.2) is 62.6 Å². The van der Waals surface area contributed by atoms with Crippen LogP contribution in [0.3, 0.4) is 0 Å². The maximum atomic E-state index is 13.7. The molecule has 7 nitrogen and oxygen atoms in total. The first-order chi connectivity index (χ1) is 18.5. The molecule has 0 saturated carbocycles. The molecule has 2 heterocycles. The number of amides is 1. The number of benzene rings is 2. The summed E-state index contributed by atoms with van der Waals surface area (Å²) in [5.41, 5.74) is 3.04. The number of anilines is 1. The minimum atomic E-state index is -0.902. The smallest absolute Gasteiger partial charge is 0.346 e. The maximum Gasteiger partial charge on any atom is 0.346 e. The summed E-state index contributed by atoms with van der Waals surface area (Å²) in [6.07, 6.45) is 3.28. The molecular formula is C29H27NO6S3. The van der Waals surface area contributed by atoms with Crippen molar-refractivity contribution in [1.82, 2.24) is 0 Å². The molecule has 10 heteroatoms. The highest BCUT2D eigenvalue weighted by Gasteiger charge is 2.45. The lowest BCUT2D eigenvalue weighted by Gasteiger charge is -2.45. The van der Waals surface area contributed by atoms with Crippen LogP contribution in [0.4, 0.5) is 5.69 Å². The minimum Gasteiger partial charge on any atom is -0.497 e. The second kappa shape index (κ2) is 11.4. The molecule has 0 fully saturated rings. The molecule has 4 rings (SSSR count). The highest BCUT2D eigenvalue weighted by molar-refractivity contribution is 8.29. The summed E-state index contributed by atoms with van der Waals surface area (Å²) >= 11 is 8.26. The van der Waals surface area contributed by atoms with Crippen LogP contribution in [0, 0.1) is 6.92 Å². The predicted octanol–water partition coefficient (Wildman–Crippen LogP) is 5.92. The summed E-state index contributed by atoms with van der Waals surface area (Å²) in [6.45, 7) is 5.73. The number of esters is 2. The van der Waals surface area contributed by atoms with Crippen LogP contribution in [-0.2, 0) is 23.9 Å². The van der Waals surface area contributed by atoms with E-state index in [4.69, 9.17) is 26.4 Å². The van der Waals surface area contributed by atoms with Gasteiger partial charge < -0.3 is 14.2 Å². The molecule has 2 aromatic carbocycles. The molecule has 0 unspecified atom stereocenters. The molecule has 0 N–H and O–H groups in total. The number of ether oxygens (including phenoxy) is 3. The monoisotopic (exact) mass is 581 g/mol. The van der Waals surface area contributed by atoms with Crippen LogP contribution in [-0.4, -0.2) is 49.6 Å². The molecule has 202 valence electrons. The van der Waals surface area contributed by atoms with E-state index in [2.05, 4.69) is 0 Å². The number of carbonyl (C=O) groups excluding carboxylic acids is 3. The van der Waals surface area contributed by atoms with Gasteiger partial charge in [-0.3, -0.25) is 9.69 Å². The molecule has 39 heavy (non-hydrogen) atoms. The Balaban J connectivity index is 1.80. The van der Waals surface area contributed by atoms with Crippen molar-refractivity contribution < 1.29 is 28.6 Å². The van der Waals surface area contributed by atoms with Gasteiger partial charge in [-0.1, -0.05) is 60.0 Å². The second-order valence-corrected chi connectivity index (χ2v) is 11.9. The van der Waals surface area contributed by atoms with Crippen molar-refractivity contribution in [3.63, 3.8) is 0 Å². The van der Waals surface area contributed by atoms with E-state index < -0.39 is 17.5 Å². The van der Waals surface area contributed by atoms with E-state index in [0.717, 1.165) is 46.0 Å². The zero-order valence-corrected chi connectivity index (χ0v) is 24.8. The van der Waals surface area contributed by atoms with E-state index in [0.29, 0.717) is 20.4 Å². The van der Waals surface area contributed by atoms with E-state index >= 15 is 0 Å². The van der Waals surface area contributed by atoms with Gasteiger partial charge in [0, 0.05) is 17.2 Å². The SMILES string of the molecule is COC(=O)C1=C(C(=O)OC)SC(=C2C(=S)C(C)(C)N(C(=O)/C=C/c3ccc(OC)cc3)c3cc(C)ccc32)S1. The van der Waals surface area contributed by atoms with Gasteiger partial charge in [0.25, 0.3) is 5.91 Å². The van der Waals surface area contributed by atoms with Gasteiger partial charge in [0.05, 0.1) is 41.7 Å². The highest BCUT2D eigenvalue weighted by Crippen LogP contribution is 2.56. The van der Waals surface area contributed by atoms with Gasteiger partial charge >= 0.3 is 11.9 Å². The van der Waals surface area contributed by atoms with Crippen LogP contribution in [0.5, 0.6) is 5.75 Å². The summed E-state index contributed by atoms with van der Waals surface area (Å²) in [5.74, 6) is -0.763. The summed E-state index contributed by atoms with van der Waals surface area (Å²) < 4.78 is 15.7. The van der Waals surface area contributed by atoms with Crippen molar-refractivity contribution in [2.24, 2.45) is 0 Å². The zero-order chi connectivity index (χ0) is 28.5. The fourth-order valence-corrected chi connectivity index (χ4v) is 7.31. The Morgan fingerprint density at radius 3 is 2.05 bits per heavy atom. The maximum absolute atomic E-state index is 13.7. The number of rotatable bonds is 5. The lowest BCUT2D eigenvalue weighted by atomic mass is 9.83. The van der Waals surface area contributed by atoms with E-state index in [-0.39, 0.29) is 15.7 Å². The van der Waals surface area contributed by atoms with Gasteiger partial charge in [0.15, 0.2) is 0 Å². The van der Waals surface area contributed by atoms with Crippen LogP contribution >= 0.6 is 35.7 Å². The molecule has 0 aromatic heterocycles. The molecule has 0 aliphatic carbocycles. The van der Waals surface area contributed by atoms with Gasteiger partial charge in [0.2, 0.25) is 0 Å². The standard InChI is InChI=1S/C29H27NO6S3/c1-16-7-13-19-20(15-16)30(21(31)14-10-17-8-11-18(34-4)12-9-17)29(2,3)25(37)22(19)28-38-23(26(32)35-5)24(39-28)27(33)36-6/h7-15H,1-6H3/b14-10+. The van der Waals surface area contributed by atoms with Crippen LogP contribution in [0.2, 0.25) is 0 Å². The lowest BCUT2D eigenvalue weighted by Crippen LogP contribution is -2.55. The van der Waals surface area contributed by atoms with Crippen molar-refractivity contribution in [3.8, 4) is 5.75 Å². The van der Waals surface area contributed by atoms with Crippen molar-refractivity contribution in [2.45, 2.75) is 26.3 Å². The summed E-state index contributed by atoms with van der Waals surface area (Å²) in [4.78, 5) is 41.2. The Hall–Kier alpha value is -3.34. The van der Waals surface area contributed by atoms with Gasteiger partial charge in [-0.25, -0.2) is 9.59 Å². The van der Waals surface area contributed by atoms with Crippen molar-refractivity contribution >= 4 is 75.8 Å². The first-order valence-electron chi connectivity index (χ1n) is 11.9. The Morgan fingerprint density at radius 1 is 0.923 bits per heavy atom. The van der Waals surface area contributed by atoms with Crippen LogP contribution in [0.25, 0.3) is 11.6 Å². The first-order valence-corrected chi connectivity index (χ1v) is 13.9. The fourth-order valence-electron chi connectivity index (χ4n) is 4.28. The topological polar surface area (TPSA) is 82.1 Å². The van der Waals surface area contributed by atoms with E-state index in [1.54, 1.807) is 18.1 Å². The number of carbonyl (C=O) groups is 3.